The largest absolute Gasteiger partial charge is 0.490 e. The molecular formula is C26H32ClFN2O6. The highest BCUT2D eigenvalue weighted by Crippen LogP contribution is 2.39. The fourth-order valence-electron chi connectivity index (χ4n) is 3.98. The fraction of sp³-hybridized carbons (Fsp3) is 0.423. The molecule has 0 saturated heterocycles. The molecule has 0 saturated carbocycles. The number of Topliss-reactive ketones (excluding diaryl/α,β-unsaturated/α-hetero) is 1. The van der Waals surface area contributed by atoms with Crippen LogP contribution in [-0.2, 0) is 16.8 Å². The molecule has 0 aliphatic carbocycles. The van der Waals surface area contributed by atoms with E-state index in [2.05, 4.69) is 0 Å². The zero-order valence-electron chi connectivity index (χ0n) is 21.1. The summed E-state index contributed by atoms with van der Waals surface area (Å²) in [5, 5.41) is 17.5. The normalized spacial score (nSPS) is 12.6. The van der Waals surface area contributed by atoms with Gasteiger partial charge < -0.3 is 24.2 Å². The third kappa shape index (κ3) is 6.07. The maximum absolute atomic E-state index is 15.3. The first-order chi connectivity index (χ1) is 16.5. The molecule has 2 N–H and O–H groups in total. The summed E-state index contributed by atoms with van der Waals surface area (Å²) in [6.07, 6.45) is 0. The Kier molecular flexibility index (Phi) is 9.32. The molecule has 0 amide bonds. The minimum absolute atomic E-state index is 0. The highest BCUT2D eigenvalue weighted by Gasteiger charge is 2.33. The van der Waals surface area contributed by atoms with Gasteiger partial charge in [-0.2, -0.15) is 0 Å². The first-order valence-corrected chi connectivity index (χ1v) is 11.4. The molecule has 8 nitrogen and oxygen atoms in total. The van der Waals surface area contributed by atoms with Gasteiger partial charge >= 0.3 is 5.97 Å². The van der Waals surface area contributed by atoms with Crippen LogP contribution in [0.3, 0.4) is 0 Å². The number of nitrogens with one attached hydrogen (secondary N) is 1. The molecule has 0 aromatic heterocycles. The molecule has 1 aliphatic heterocycles. The average molecular weight is 523 g/mol. The van der Waals surface area contributed by atoms with Crippen LogP contribution in [0.5, 0.6) is 17.2 Å². The van der Waals surface area contributed by atoms with E-state index >= 15 is 4.39 Å². The lowest BCUT2D eigenvalue weighted by molar-refractivity contribution is -0.139. The molecule has 196 valence electrons. The van der Waals surface area contributed by atoms with Crippen LogP contribution in [0.4, 0.5) is 4.39 Å². The number of hydrogen-bond acceptors (Lipinski definition) is 6. The first-order valence-electron chi connectivity index (χ1n) is 11.4. The summed E-state index contributed by atoms with van der Waals surface area (Å²) in [7, 11) is 0. The number of ketones is 1. The Labute approximate surface area is 216 Å². The second-order valence-corrected chi connectivity index (χ2v) is 9.19. The molecule has 0 spiro atoms. The van der Waals surface area contributed by atoms with Crippen LogP contribution in [-0.4, -0.2) is 54.0 Å². The number of nitrogens with zero attached hydrogens (tertiary/aromatic N) is 1. The number of carbonyl (C=O) groups is 2. The number of rotatable bonds is 10. The minimum atomic E-state index is -1.09. The summed E-state index contributed by atoms with van der Waals surface area (Å²) >= 11 is 0. The lowest BCUT2D eigenvalue weighted by Gasteiger charge is -2.24. The van der Waals surface area contributed by atoms with Crippen LogP contribution in [0.2, 0.25) is 0 Å². The minimum Gasteiger partial charge on any atom is -0.490 e. The molecular weight excluding hydrogens is 491 g/mol. The van der Waals surface area contributed by atoms with E-state index in [1.807, 2.05) is 20.8 Å². The van der Waals surface area contributed by atoms with E-state index in [4.69, 9.17) is 24.7 Å². The average Bonchev–Trinajstić information content (AvgIpc) is 3.09. The Balaban J connectivity index is 0.00000456. The second kappa shape index (κ2) is 11.6. The van der Waals surface area contributed by atoms with Crippen molar-refractivity contribution >= 4 is 30.0 Å². The van der Waals surface area contributed by atoms with Gasteiger partial charge in [0.2, 0.25) is 0 Å². The first kappa shape index (κ1) is 28.9. The van der Waals surface area contributed by atoms with Crippen LogP contribution >= 0.6 is 12.4 Å². The van der Waals surface area contributed by atoms with Gasteiger partial charge in [-0.25, -0.2) is 9.18 Å². The number of halogens is 2. The van der Waals surface area contributed by atoms with E-state index in [9.17, 15) is 9.59 Å². The van der Waals surface area contributed by atoms with Crippen molar-refractivity contribution in [3.63, 3.8) is 0 Å². The molecule has 0 atom stereocenters. The van der Waals surface area contributed by atoms with Gasteiger partial charge in [-0.1, -0.05) is 20.8 Å². The number of carbonyl (C=O) groups excluding carboxylic acids is 1. The predicted octanol–water partition coefficient (Wildman–Crippen LogP) is 4.83. The van der Waals surface area contributed by atoms with Crippen molar-refractivity contribution in [3.8, 4) is 17.2 Å². The van der Waals surface area contributed by atoms with E-state index in [-0.39, 0.29) is 60.8 Å². The molecule has 1 aliphatic rings. The standard InChI is InChI=1S/C26H31FN2O6.ClH/c1-6-33-20-11-16-12-29(25(28)22(16)23(27)24(20)34-7-2)13-18(30)15-8-9-19(35-14-21(31)32)17(10-15)26(3,4)5;/h8-11,28H,6-7,12-14H2,1-5H3,(H,31,32);1H. The second-order valence-electron chi connectivity index (χ2n) is 9.19. The number of fused-ring (bicyclic) bond motifs is 1. The van der Waals surface area contributed by atoms with Crippen molar-refractivity contribution in [2.45, 2.75) is 46.6 Å². The van der Waals surface area contributed by atoms with E-state index in [0.29, 0.717) is 29.0 Å². The van der Waals surface area contributed by atoms with Crippen molar-refractivity contribution in [2.75, 3.05) is 26.4 Å². The molecule has 2 aromatic carbocycles. The van der Waals surface area contributed by atoms with Crippen LogP contribution in [0.15, 0.2) is 24.3 Å². The zero-order valence-corrected chi connectivity index (χ0v) is 21.9. The van der Waals surface area contributed by atoms with Gasteiger partial charge in [-0.15, -0.1) is 12.4 Å². The third-order valence-electron chi connectivity index (χ3n) is 5.57. The van der Waals surface area contributed by atoms with Crippen molar-refractivity contribution in [2.24, 2.45) is 0 Å². The van der Waals surface area contributed by atoms with Gasteiger partial charge in [0, 0.05) is 17.7 Å². The quantitative estimate of drug-likeness (QED) is 0.430. The number of aliphatic carboxylic acids is 1. The molecule has 0 bridgehead atoms. The van der Waals surface area contributed by atoms with Crippen LogP contribution in [0.25, 0.3) is 0 Å². The van der Waals surface area contributed by atoms with E-state index in [1.54, 1.807) is 38.1 Å². The van der Waals surface area contributed by atoms with Gasteiger partial charge in [0.05, 0.1) is 25.3 Å². The van der Waals surface area contributed by atoms with Crippen LogP contribution < -0.4 is 14.2 Å². The van der Waals surface area contributed by atoms with Crippen LogP contribution in [0, 0.1) is 11.2 Å². The molecule has 1 heterocycles. The van der Waals surface area contributed by atoms with Crippen molar-refractivity contribution in [1.82, 2.24) is 4.90 Å². The summed E-state index contributed by atoms with van der Waals surface area (Å²) < 4.78 is 31.7. The number of benzene rings is 2. The zero-order chi connectivity index (χ0) is 25.9. The van der Waals surface area contributed by atoms with E-state index in [0.717, 1.165) is 0 Å². The number of amidine groups is 1. The SMILES string of the molecule is CCOc1cc2c(c(F)c1OCC)C(=N)N(CC(=O)c1ccc(OCC(=O)O)c(C(C)(C)C)c1)C2.Cl. The summed E-state index contributed by atoms with van der Waals surface area (Å²) in [6.45, 7) is 9.49. The molecule has 36 heavy (non-hydrogen) atoms. The Bertz CT molecular complexity index is 1160. The lowest BCUT2D eigenvalue weighted by atomic mass is 9.85. The third-order valence-corrected chi connectivity index (χ3v) is 5.57. The number of carboxylic acids is 1. The topological polar surface area (TPSA) is 109 Å². The van der Waals surface area contributed by atoms with E-state index < -0.39 is 23.8 Å². The summed E-state index contributed by atoms with van der Waals surface area (Å²) in [6, 6.07) is 6.51. The predicted molar refractivity (Wildman–Crippen MR) is 136 cm³/mol. The number of hydrogen-bond donors (Lipinski definition) is 2. The molecule has 0 unspecified atom stereocenters. The molecule has 0 fully saturated rings. The van der Waals surface area contributed by atoms with E-state index in [1.165, 1.54) is 4.90 Å². The Morgan fingerprint density at radius 1 is 1.08 bits per heavy atom. The fourth-order valence-corrected chi connectivity index (χ4v) is 3.98. The van der Waals surface area contributed by atoms with Crippen molar-refractivity contribution < 1.29 is 33.3 Å². The number of carboxylic acid groups (broad SMARTS) is 1. The summed E-state index contributed by atoms with van der Waals surface area (Å²) in [5.41, 5.74) is 1.34. The highest BCUT2D eigenvalue weighted by molar-refractivity contribution is 6.06. The monoisotopic (exact) mass is 522 g/mol. The van der Waals surface area contributed by atoms with Crippen LogP contribution in [0.1, 0.15) is 61.7 Å². The highest BCUT2D eigenvalue weighted by atomic mass is 35.5. The molecule has 2 aromatic rings. The molecule has 0 radical (unpaired) electrons. The summed E-state index contributed by atoms with van der Waals surface area (Å²) in [5.74, 6) is -1.46. The Morgan fingerprint density at radius 3 is 2.33 bits per heavy atom. The maximum atomic E-state index is 15.3. The van der Waals surface area contributed by atoms with Crippen molar-refractivity contribution in [1.29, 1.82) is 5.41 Å². The van der Waals surface area contributed by atoms with Crippen molar-refractivity contribution in [3.05, 3.63) is 52.3 Å². The summed E-state index contributed by atoms with van der Waals surface area (Å²) in [4.78, 5) is 25.6. The Morgan fingerprint density at radius 2 is 1.75 bits per heavy atom. The smallest absolute Gasteiger partial charge is 0.341 e. The van der Waals surface area contributed by atoms with Gasteiger partial charge in [-0.3, -0.25) is 10.2 Å². The van der Waals surface area contributed by atoms with Gasteiger partial charge in [0.25, 0.3) is 0 Å². The number of ether oxygens (including phenoxy) is 3. The lowest BCUT2D eigenvalue weighted by Crippen LogP contribution is -2.30. The van der Waals surface area contributed by atoms with Gasteiger partial charge in [0.1, 0.15) is 11.6 Å². The van der Waals surface area contributed by atoms with Gasteiger partial charge in [-0.05, 0) is 49.1 Å². The maximum Gasteiger partial charge on any atom is 0.341 e. The molecule has 3 rings (SSSR count). The molecule has 10 heteroatoms. The Hall–Kier alpha value is -3.33. The van der Waals surface area contributed by atoms with Gasteiger partial charge in [0.15, 0.2) is 29.7 Å².